The SMILES string of the molecule is CC1(C)OB(c2c(-c3ccccc3)ccc(-c3ccc([N+](=O)[O-])cc3)c2-c2ccccc2)OC1(C)C. The van der Waals surface area contributed by atoms with Crippen molar-refractivity contribution in [2.75, 3.05) is 0 Å². The lowest BCUT2D eigenvalue weighted by molar-refractivity contribution is -0.384. The number of nitrogens with zero attached hydrogens (tertiary/aromatic N) is 1. The molecule has 5 nitrogen and oxygen atoms in total. The number of nitro groups is 1. The average molecular weight is 477 g/mol. The monoisotopic (exact) mass is 477 g/mol. The molecule has 0 aromatic heterocycles. The molecule has 0 spiro atoms. The molecule has 0 unspecified atom stereocenters. The number of rotatable bonds is 5. The molecule has 0 N–H and O–H groups in total. The van der Waals surface area contributed by atoms with Gasteiger partial charge in [-0.2, -0.15) is 0 Å². The minimum atomic E-state index is -0.599. The molecule has 0 amide bonds. The van der Waals surface area contributed by atoms with E-state index in [1.807, 2.05) is 36.4 Å². The Morgan fingerprint density at radius 2 is 1.11 bits per heavy atom. The summed E-state index contributed by atoms with van der Waals surface area (Å²) < 4.78 is 13.2. The van der Waals surface area contributed by atoms with Crippen molar-refractivity contribution in [1.29, 1.82) is 0 Å². The number of hydrogen-bond acceptors (Lipinski definition) is 4. The highest BCUT2D eigenvalue weighted by atomic mass is 16.7. The van der Waals surface area contributed by atoms with E-state index in [1.54, 1.807) is 24.3 Å². The summed E-state index contributed by atoms with van der Waals surface area (Å²) in [5.74, 6) is 0. The van der Waals surface area contributed by atoms with Crippen LogP contribution in [0.15, 0.2) is 97.1 Å². The van der Waals surface area contributed by atoms with E-state index >= 15 is 0 Å². The molecule has 1 saturated heterocycles. The quantitative estimate of drug-likeness (QED) is 0.178. The normalized spacial score (nSPS) is 16.2. The van der Waals surface area contributed by atoms with Gasteiger partial charge in [-0.25, -0.2) is 0 Å². The van der Waals surface area contributed by atoms with Crippen molar-refractivity contribution in [2.45, 2.75) is 38.9 Å². The summed E-state index contributed by atoms with van der Waals surface area (Å²) >= 11 is 0. The summed E-state index contributed by atoms with van der Waals surface area (Å²) in [5.41, 5.74) is 5.93. The van der Waals surface area contributed by atoms with Crippen LogP contribution in [-0.4, -0.2) is 23.2 Å². The molecule has 6 heteroatoms. The molecule has 0 aliphatic carbocycles. The van der Waals surface area contributed by atoms with Crippen LogP contribution in [0.5, 0.6) is 0 Å². The van der Waals surface area contributed by atoms with Crippen LogP contribution in [0.25, 0.3) is 33.4 Å². The largest absolute Gasteiger partial charge is 0.496 e. The Morgan fingerprint density at radius 3 is 1.64 bits per heavy atom. The van der Waals surface area contributed by atoms with E-state index in [2.05, 4.69) is 64.1 Å². The summed E-state index contributed by atoms with van der Waals surface area (Å²) in [6.07, 6.45) is 0. The first-order valence-corrected chi connectivity index (χ1v) is 12.1. The van der Waals surface area contributed by atoms with Gasteiger partial charge in [0.2, 0.25) is 0 Å². The van der Waals surface area contributed by atoms with Crippen molar-refractivity contribution in [3.63, 3.8) is 0 Å². The Bertz CT molecular complexity index is 1380. The van der Waals surface area contributed by atoms with E-state index in [0.717, 1.165) is 38.8 Å². The van der Waals surface area contributed by atoms with Crippen molar-refractivity contribution >= 4 is 18.3 Å². The predicted octanol–water partition coefficient (Wildman–Crippen LogP) is 6.90. The van der Waals surface area contributed by atoms with Crippen molar-refractivity contribution < 1.29 is 14.2 Å². The van der Waals surface area contributed by atoms with Gasteiger partial charge in [0.25, 0.3) is 5.69 Å². The summed E-state index contributed by atoms with van der Waals surface area (Å²) in [6.45, 7) is 8.21. The molecule has 1 fully saturated rings. The highest BCUT2D eigenvalue weighted by Crippen LogP contribution is 2.41. The Labute approximate surface area is 212 Å². The molecule has 180 valence electrons. The van der Waals surface area contributed by atoms with Crippen molar-refractivity contribution in [3.05, 3.63) is 107 Å². The van der Waals surface area contributed by atoms with Gasteiger partial charge in [0.1, 0.15) is 0 Å². The lowest BCUT2D eigenvalue weighted by Crippen LogP contribution is -2.41. The highest BCUT2D eigenvalue weighted by Gasteiger charge is 2.53. The molecular weight excluding hydrogens is 449 g/mol. The molecule has 0 atom stereocenters. The lowest BCUT2D eigenvalue weighted by Gasteiger charge is -2.32. The van der Waals surface area contributed by atoms with Gasteiger partial charge in [0, 0.05) is 12.1 Å². The van der Waals surface area contributed by atoms with Crippen LogP contribution in [0.4, 0.5) is 5.69 Å². The van der Waals surface area contributed by atoms with Crippen LogP contribution < -0.4 is 5.46 Å². The third-order valence-electron chi connectivity index (χ3n) is 7.27. The number of benzene rings is 4. The molecule has 0 bridgehead atoms. The zero-order chi connectivity index (χ0) is 25.5. The van der Waals surface area contributed by atoms with Crippen LogP contribution in [0.1, 0.15) is 27.7 Å². The standard InChI is InChI=1S/C30H28BNO4/c1-29(2)30(3,4)36-31(35-29)28-26(21-11-7-5-8-12-21)20-19-25(27(28)23-13-9-6-10-14-23)22-15-17-24(18-16-22)32(33)34/h5-20H,1-4H3. The Morgan fingerprint density at radius 1 is 0.639 bits per heavy atom. The molecule has 4 aromatic rings. The van der Waals surface area contributed by atoms with Crippen LogP contribution >= 0.6 is 0 Å². The van der Waals surface area contributed by atoms with E-state index in [1.165, 1.54) is 0 Å². The fourth-order valence-corrected chi connectivity index (χ4v) is 4.61. The van der Waals surface area contributed by atoms with Gasteiger partial charge in [-0.3, -0.25) is 10.1 Å². The predicted molar refractivity (Wildman–Crippen MR) is 145 cm³/mol. The second kappa shape index (κ2) is 9.05. The lowest BCUT2D eigenvalue weighted by atomic mass is 9.68. The summed E-state index contributed by atoms with van der Waals surface area (Å²) in [5, 5.41) is 11.3. The Balaban J connectivity index is 1.81. The first-order valence-electron chi connectivity index (χ1n) is 12.1. The van der Waals surface area contributed by atoms with E-state index < -0.39 is 18.3 Å². The molecule has 36 heavy (non-hydrogen) atoms. The molecule has 4 aromatic carbocycles. The zero-order valence-corrected chi connectivity index (χ0v) is 20.9. The van der Waals surface area contributed by atoms with E-state index in [-0.39, 0.29) is 10.6 Å². The minimum absolute atomic E-state index is 0.0621. The van der Waals surface area contributed by atoms with Crippen molar-refractivity contribution in [1.82, 2.24) is 0 Å². The van der Waals surface area contributed by atoms with Crippen molar-refractivity contribution in [2.24, 2.45) is 0 Å². The van der Waals surface area contributed by atoms with E-state index in [0.29, 0.717) is 0 Å². The van der Waals surface area contributed by atoms with Gasteiger partial charge in [-0.1, -0.05) is 72.8 Å². The molecule has 1 heterocycles. The number of hydrogen-bond donors (Lipinski definition) is 0. The molecular formula is C30H28BNO4. The third kappa shape index (κ3) is 4.23. The van der Waals surface area contributed by atoms with Gasteiger partial charge in [-0.05, 0) is 78.7 Å². The first-order chi connectivity index (χ1) is 17.2. The average Bonchev–Trinajstić information content (AvgIpc) is 3.10. The Hall–Kier alpha value is -3.74. The fourth-order valence-electron chi connectivity index (χ4n) is 4.61. The molecule has 5 rings (SSSR count). The maximum Gasteiger partial charge on any atom is 0.496 e. The topological polar surface area (TPSA) is 61.6 Å². The summed E-state index contributed by atoms with van der Waals surface area (Å²) in [4.78, 5) is 10.9. The Kier molecular flexibility index (Phi) is 6.03. The summed E-state index contributed by atoms with van der Waals surface area (Å²) in [6, 6.07) is 31.3. The first kappa shape index (κ1) is 24.0. The van der Waals surface area contributed by atoms with Crippen LogP contribution in [0.3, 0.4) is 0 Å². The van der Waals surface area contributed by atoms with Gasteiger partial charge in [0.15, 0.2) is 0 Å². The highest BCUT2D eigenvalue weighted by molar-refractivity contribution is 6.66. The van der Waals surface area contributed by atoms with Crippen LogP contribution in [-0.2, 0) is 9.31 Å². The maximum absolute atomic E-state index is 11.3. The van der Waals surface area contributed by atoms with Gasteiger partial charge in [-0.15, -0.1) is 0 Å². The number of nitro benzene ring substituents is 1. The molecule has 1 aliphatic heterocycles. The van der Waals surface area contributed by atoms with E-state index in [9.17, 15) is 10.1 Å². The van der Waals surface area contributed by atoms with Crippen LogP contribution in [0.2, 0.25) is 0 Å². The van der Waals surface area contributed by atoms with E-state index in [4.69, 9.17) is 9.31 Å². The van der Waals surface area contributed by atoms with Gasteiger partial charge < -0.3 is 9.31 Å². The summed E-state index contributed by atoms with van der Waals surface area (Å²) in [7, 11) is -0.599. The fraction of sp³-hybridized carbons (Fsp3) is 0.200. The van der Waals surface area contributed by atoms with Gasteiger partial charge in [0.05, 0.1) is 16.1 Å². The second-order valence-corrected chi connectivity index (χ2v) is 10.1. The number of non-ortho nitro benzene ring substituents is 1. The van der Waals surface area contributed by atoms with Crippen molar-refractivity contribution in [3.8, 4) is 33.4 Å². The molecule has 0 radical (unpaired) electrons. The second-order valence-electron chi connectivity index (χ2n) is 10.1. The minimum Gasteiger partial charge on any atom is -0.399 e. The van der Waals surface area contributed by atoms with Gasteiger partial charge >= 0.3 is 7.12 Å². The zero-order valence-electron chi connectivity index (χ0n) is 20.9. The molecule has 0 saturated carbocycles. The molecule has 1 aliphatic rings. The van der Waals surface area contributed by atoms with Crippen LogP contribution in [0, 0.1) is 10.1 Å². The maximum atomic E-state index is 11.3. The third-order valence-corrected chi connectivity index (χ3v) is 7.27. The smallest absolute Gasteiger partial charge is 0.399 e.